The summed E-state index contributed by atoms with van der Waals surface area (Å²) in [6, 6.07) is 3.12. The molecule has 1 heterocycles. The Balaban J connectivity index is 2.32. The van der Waals surface area contributed by atoms with Crippen LogP contribution < -0.4 is 5.32 Å². The Bertz CT molecular complexity index is 640. The highest BCUT2D eigenvalue weighted by atomic mass is 35.5. The molecule has 2 aromatic rings. The third-order valence-corrected chi connectivity index (χ3v) is 3.95. The van der Waals surface area contributed by atoms with Crippen molar-refractivity contribution in [1.29, 1.82) is 0 Å². The number of pyridine rings is 1. The maximum Gasteiger partial charge on any atom is 0.143 e. The van der Waals surface area contributed by atoms with Crippen LogP contribution in [-0.4, -0.2) is 11.5 Å². The van der Waals surface area contributed by atoms with Gasteiger partial charge in [0.05, 0.1) is 10.5 Å². The predicted molar refractivity (Wildman–Crippen MR) is 77.5 cm³/mol. The van der Waals surface area contributed by atoms with Crippen LogP contribution in [0.5, 0.6) is 0 Å². The smallest absolute Gasteiger partial charge is 0.143 e. The number of hydrogen-bond acceptors (Lipinski definition) is 2. The number of benzene rings is 1. The van der Waals surface area contributed by atoms with Crippen molar-refractivity contribution in [3.8, 4) is 0 Å². The number of nitrogens with one attached hydrogen (secondary N) is 1. The SMILES string of the molecule is CCNc1c2c(nc3cc(F)c(Cl)cc13)CCCC2. The van der Waals surface area contributed by atoms with E-state index in [0.29, 0.717) is 5.52 Å². The maximum absolute atomic E-state index is 13.6. The van der Waals surface area contributed by atoms with E-state index in [9.17, 15) is 4.39 Å². The summed E-state index contributed by atoms with van der Waals surface area (Å²) in [4.78, 5) is 4.62. The van der Waals surface area contributed by atoms with Gasteiger partial charge in [0.1, 0.15) is 5.82 Å². The monoisotopic (exact) mass is 278 g/mol. The van der Waals surface area contributed by atoms with Crippen molar-refractivity contribution in [1.82, 2.24) is 4.98 Å². The lowest BCUT2D eigenvalue weighted by Gasteiger charge is -2.21. The summed E-state index contributed by atoms with van der Waals surface area (Å²) in [6.07, 6.45) is 4.37. The molecule has 19 heavy (non-hydrogen) atoms. The summed E-state index contributed by atoms with van der Waals surface area (Å²) < 4.78 is 13.6. The maximum atomic E-state index is 13.6. The van der Waals surface area contributed by atoms with E-state index in [1.165, 1.54) is 18.1 Å². The van der Waals surface area contributed by atoms with Gasteiger partial charge < -0.3 is 5.32 Å². The molecular weight excluding hydrogens is 263 g/mol. The van der Waals surface area contributed by atoms with E-state index < -0.39 is 5.82 Å². The molecule has 0 amide bonds. The van der Waals surface area contributed by atoms with E-state index in [2.05, 4.69) is 17.2 Å². The van der Waals surface area contributed by atoms with Crippen LogP contribution in [0.4, 0.5) is 10.1 Å². The zero-order valence-corrected chi connectivity index (χ0v) is 11.6. The number of halogens is 2. The molecule has 0 aliphatic heterocycles. The number of aromatic nitrogens is 1. The lowest BCUT2D eigenvalue weighted by Crippen LogP contribution is -2.11. The van der Waals surface area contributed by atoms with Gasteiger partial charge in [-0.1, -0.05) is 11.6 Å². The fourth-order valence-corrected chi connectivity index (χ4v) is 2.96. The summed E-state index contributed by atoms with van der Waals surface area (Å²) in [6.45, 7) is 2.90. The highest BCUT2D eigenvalue weighted by molar-refractivity contribution is 6.31. The average molecular weight is 279 g/mol. The van der Waals surface area contributed by atoms with E-state index >= 15 is 0 Å². The normalized spacial score (nSPS) is 14.5. The van der Waals surface area contributed by atoms with Gasteiger partial charge in [0.15, 0.2) is 0 Å². The van der Waals surface area contributed by atoms with Crippen LogP contribution in [0.25, 0.3) is 10.9 Å². The van der Waals surface area contributed by atoms with Gasteiger partial charge in [0, 0.05) is 29.4 Å². The predicted octanol–water partition coefficient (Wildman–Crippen LogP) is 4.34. The first-order chi connectivity index (χ1) is 9.20. The highest BCUT2D eigenvalue weighted by Crippen LogP contribution is 2.35. The molecule has 2 nitrogen and oxygen atoms in total. The number of nitrogens with zero attached hydrogens (tertiary/aromatic N) is 1. The summed E-state index contributed by atoms with van der Waals surface area (Å²) in [5, 5.41) is 4.49. The quantitative estimate of drug-likeness (QED) is 0.884. The van der Waals surface area contributed by atoms with Crippen molar-refractivity contribution >= 4 is 28.2 Å². The summed E-state index contributed by atoms with van der Waals surface area (Å²) in [5.41, 5.74) is 4.17. The summed E-state index contributed by atoms with van der Waals surface area (Å²) >= 11 is 5.91. The van der Waals surface area contributed by atoms with E-state index in [1.54, 1.807) is 6.07 Å². The van der Waals surface area contributed by atoms with Crippen LogP contribution in [0, 0.1) is 5.82 Å². The van der Waals surface area contributed by atoms with Crippen LogP contribution in [0.1, 0.15) is 31.0 Å². The molecule has 100 valence electrons. The molecule has 0 fully saturated rings. The van der Waals surface area contributed by atoms with Gasteiger partial charge in [-0.2, -0.15) is 0 Å². The summed E-state index contributed by atoms with van der Waals surface area (Å²) in [5.74, 6) is -0.403. The van der Waals surface area contributed by atoms with Crippen molar-refractivity contribution in [3.05, 3.63) is 34.2 Å². The fraction of sp³-hybridized carbons (Fsp3) is 0.400. The van der Waals surface area contributed by atoms with Gasteiger partial charge in [-0.15, -0.1) is 0 Å². The molecule has 0 atom stereocenters. The third-order valence-electron chi connectivity index (χ3n) is 3.66. The Morgan fingerprint density at radius 2 is 2.11 bits per heavy atom. The Kier molecular flexibility index (Phi) is 3.31. The Morgan fingerprint density at radius 1 is 1.32 bits per heavy atom. The van der Waals surface area contributed by atoms with Gasteiger partial charge in [0.2, 0.25) is 0 Å². The first kappa shape index (κ1) is 12.7. The molecule has 0 unspecified atom stereocenters. The Morgan fingerprint density at radius 3 is 2.89 bits per heavy atom. The van der Waals surface area contributed by atoms with Gasteiger partial charge >= 0.3 is 0 Å². The van der Waals surface area contributed by atoms with Crippen LogP contribution in [0.3, 0.4) is 0 Å². The molecule has 0 radical (unpaired) electrons. The molecule has 0 saturated heterocycles. The Hall–Kier alpha value is -1.35. The molecule has 1 aromatic carbocycles. The second kappa shape index (κ2) is 4.97. The number of fused-ring (bicyclic) bond motifs is 2. The van der Waals surface area contributed by atoms with E-state index in [4.69, 9.17) is 11.6 Å². The molecule has 1 N–H and O–H groups in total. The molecule has 0 saturated carbocycles. The largest absolute Gasteiger partial charge is 0.384 e. The van der Waals surface area contributed by atoms with Crippen molar-refractivity contribution in [2.75, 3.05) is 11.9 Å². The van der Waals surface area contributed by atoms with Crippen LogP contribution in [0.2, 0.25) is 5.02 Å². The second-order valence-corrected chi connectivity index (χ2v) is 5.34. The first-order valence-electron chi connectivity index (χ1n) is 6.75. The summed E-state index contributed by atoms with van der Waals surface area (Å²) in [7, 11) is 0. The number of anilines is 1. The van der Waals surface area contributed by atoms with Crippen molar-refractivity contribution < 1.29 is 4.39 Å². The van der Waals surface area contributed by atoms with Gasteiger partial charge in [-0.05, 0) is 44.2 Å². The van der Waals surface area contributed by atoms with Crippen molar-refractivity contribution in [3.63, 3.8) is 0 Å². The van der Waals surface area contributed by atoms with Crippen LogP contribution in [-0.2, 0) is 12.8 Å². The minimum absolute atomic E-state index is 0.157. The molecule has 1 aromatic heterocycles. The lowest BCUT2D eigenvalue weighted by atomic mass is 9.92. The molecule has 1 aliphatic rings. The zero-order valence-electron chi connectivity index (χ0n) is 10.9. The van der Waals surface area contributed by atoms with E-state index in [1.807, 2.05) is 0 Å². The molecular formula is C15H16ClFN2. The zero-order chi connectivity index (χ0) is 13.4. The minimum atomic E-state index is -0.403. The topological polar surface area (TPSA) is 24.9 Å². The number of aryl methyl sites for hydroxylation is 1. The van der Waals surface area contributed by atoms with E-state index in [-0.39, 0.29) is 5.02 Å². The van der Waals surface area contributed by atoms with Gasteiger partial charge in [-0.3, -0.25) is 4.98 Å². The fourth-order valence-electron chi connectivity index (χ4n) is 2.80. The van der Waals surface area contributed by atoms with Crippen molar-refractivity contribution in [2.24, 2.45) is 0 Å². The molecule has 0 bridgehead atoms. The Labute approximate surface area is 117 Å². The number of rotatable bonds is 2. The average Bonchev–Trinajstić information content (AvgIpc) is 2.41. The lowest BCUT2D eigenvalue weighted by molar-refractivity contribution is 0.629. The first-order valence-corrected chi connectivity index (χ1v) is 7.13. The van der Waals surface area contributed by atoms with E-state index in [0.717, 1.165) is 42.6 Å². The molecule has 4 heteroatoms. The van der Waals surface area contributed by atoms with Crippen LogP contribution >= 0.6 is 11.6 Å². The molecule has 1 aliphatic carbocycles. The highest BCUT2D eigenvalue weighted by Gasteiger charge is 2.18. The standard InChI is InChI=1S/C15H16ClFN2/c1-2-18-15-9-5-3-4-6-13(9)19-14-8-12(17)11(16)7-10(14)15/h7-8H,2-6H2,1H3,(H,18,19). The van der Waals surface area contributed by atoms with Crippen LogP contribution in [0.15, 0.2) is 12.1 Å². The van der Waals surface area contributed by atoms with Gasteiger partial charge in [-0.25, -0.2) is 4.39 Å². The number of hydrogen-bond donors (Lipinski definition) is 1. The second-order valence-electron chi connectivity index (χ2n) is 4.93. The van der Waals surface area contributed by atoms with Gasteiger partial charge in [0.25, 0.3) is 0 Å². The van der Waals surface area contributed by atoms with Crippen molar-refractivity contribution in [2.45, 2.75) is 32.6 Å². The third kappa shape index (κ3) is 2.16. The molecule has 0 spiro atoms. The minimum Gasteiger partial charge on any atom is -0.384 e. The molecule has 3 rings (SSSR count).